The quantitative estimate of drug-likeness (QED) is 0.510. The molecule has 0 N–H and O–H groups in total. The fraction of sp³-hybridized carbons (Fsp3) is 0.100. The van der Waals surface area contributed by atoms with Crippen LogP contribution in [0.25, 0.3) is 11.4 Å². The Labute approximate surface area is 74.7 Å². The Balaban J connectivity index is 2.34. The average Bonchev–Trinajstić information content (AvgIpc) is 2.65. The summed E-state index contributed by atoms with van der Waals surface area (Å²) >= 11 is 0. The van der Waals surface area contributed by atoms with Crippen molar-refractivity contribution in [2.45, 2.75) is 6.54 Å². The number of fused-ring (bicyclic) bond motifs is 3. The molecule has 0 saturated heterocycles. The highest BCUT2D eigenvalue weighted by molar-refractivity contribution is 5.64. The van der Waals surface area contributed by atoms with Gasteiger partial charge in [-0.25, -0.2) is 9.37 Å². The highest BCUT2D eigenvalue weighted by Gasteiger charge is 2.21. The number of nitrogens with zero attached hydrogens (tertiary/aromatic N) is 2. The van der Waals surface area contributed by atoms with E-state index in [4.69, 9.17) is 0 Å². The molecule has 0 bridgehead atoms. The third-order valence-corrected chi connectivity index (χ3v) is 2.40. The van der Waals surface area contributed by atoms with Crippen LogP contribution in [0.1, 0.15) is 5.56 Å². The van der Waals surface area contributed by atoms with Crippen molar-refractivity contribution in [1.82, 2.24) is 9.55 Å². The molecule has 0 aliphatic carbocycles. The van der Waals surface area contributed by atoms with E-state index in [0.717, 1.165) is 17.0 Å². The summed E-state index contributed by atoms with van der Waals surface area (Å²) in [6.07, 6.45) is 3.61. The van der Waals surface area contributed by atoms with E-state index in [0.29, 0.717) is 6.54 Å². The first-order valence-corrected chi connectivity index (χ1v) is 4.15. The molecule has 1 aromatic carbocycles. The Morgan fingerprint density at radius 1 is 1.38 bits per heavy atom. The summed E-state index contributed by atoms with van der Waals surface area (Å²) in [5.74, 6) is 0.734. The zero-order chi connectivity index (χ0) is 8.84. The Morgan fingerprint density at radius 2 is 2.31 bits per heavy atom. The van der Waals surface area contributed by atoms with Crippen molar-refractivity contribution in [3.8, 4) is 11.4 Å². The van der Waals surface area contributed by atoms with E-state index in [1.165, 1.54) is 6.07 Å². The first kappa shape index (κ1) is 6.83. The maximum absolute atomic E-state index is 13.3. The molecule has 0 fully saturated rings. The van der Waals surface area contributed by atoms with Crippen LogP contribution in [0.4, 0.5) is 4.39 Å². The number of hydrogen-bond acceptors (Lipinski definition) is 1. The summed E-state index contributed by atoms with van der Waals surface area (Å²) in [5.41, 5.74) is 1.68. The number of benzene rings is 1. The Morgan fingerprint density at radius 3 is 3.23 bits per heavy atom. The van der Waals surface area contributed by atoms with Gasteiger partial charge in [-0.3, -0.25) is 0 Å². The van der Waals surface area contributed by atoms with Gasteiger partial charge in [0.05, 0.1) is 6.54 Å². The molecule has 1 aliphatic heterocycles. The summed E-state index contributed by atoms with van der Waals surface area (Å²) in [5, 5.41) is 0. The summed E-state index contributed by atoms with van der Waals surface area (Å²) in [7, 11) is 0. The van der Waals surface area contributed by atoms with Crippen molar-refractivity contribution in [2.24, 2.45) is 0 Å². The fourth-order valence-electron chi connectivity index (χ4n) is 1.78. The number of halogens is 1. The molecule has 3 rings (SSSR count). The van der Waals surface area contributed by atoms with E-state index in [9.17, 15) is 4.39 Å². The van der Waals surface area contributed by atoms with Crippen LogP contribution in [0.5, 0.6) is 0 Å². The first-order valence-electron chi connectivity index (χ1n) is 4.15. The van der Waals surface area contributed by atoms with Gasteiger partial charge in [0.1, 0.15) is 11.6 Å². The van der Waals surface area contributed by atoms with Gasteiger partial charge in [-0.05, 0) is 6.07 Å². The number of rotatable bonds is 0. The second kappa shape index (κ2) is 2.19. The highest BCUT2D eigenvalue weighted by Crippen LogP contribution is 2.31. The summed E-state index contributed by atoms with van der Waals surface area (Å²) in [6, 6.07) is 5.12. The topological polar surface area (TPSA) is 17.8 Å². The third-order valence-electron chi connectivity index (χ3n) is 2.40. The van der Waals surface area contributed by atoms with Gasteiger partial charge in [-0.1, -0.05) is 12.1 Å². The summed E-state index contributed by atoms with van der Waals surface area (Å²) in [6.45, 7) is 0.608. The van der Waals surface area contributed by atoms with Crippen LogP contribution in [0, 0.1) is 5.82 Å². The maximum atomic E-state index is 13.3. The normalized spacial score (nSPS) is 12.7. The van der Waals surface area contributed by atoms with Gasteiger partial charge in [0, 0.05) is 23.5 Å². The monoisotopic (exact) mass is 174 g/mol. The van der Waals surface area contributed by atoms with Crippen LogP contribution in [0.15, 0.2) is 30.6 Å². The molecule has 2 heterocycles. The number of hydrogen-bond donors (Lipinski definition) is 0. The van der Waals surface area contributed by atoms with E-state index in [1.807, 2.05) is 16.8 Å². The van der Waals surface area contributed by atoms with Gasteiger partial charge in [-0.2, -0.15) is 0 Å². The standard InChI is InChI=1S/C10H7FN2/c11-9-3-1-2-7-8(9)6-13-5-4-12-10(7)13/h1-5H,6H2. The minimum absolute atomic E-state index is 0.136. The lowest BCUT2D eigenvalue weighted by Gasteiger charge is -1.97. The van der Waals surface area contributed by atoms with Crippen LogP contribution in [0.3, 0.4) is 0 Å². The van der Waals surface area contributed by atoms with Crippen molar-refractivity contribution < 1.29 is 4.39 Å². The Kier molecular flexibility index (Phi) is 1.15. The smallest absolute Gasteiger partial charge is 0.140 e. The molecule has 1 aromatic heterocycles. The summed E-state index contributed by atoms with van der Waals surface area (Å²) in [4.78, 5) is 4.18. The van der Waals surface area contributed by atoms with Gasteiger partial charge < -0.3 is 4.57 Å². The Hall–Kier alpha value is -1.64. The molecule has 0 amide bonds. The first-order chi connectivity index (χ1) is 6.36. The molecule has 0 unspecified atom stereocenters. The molecule has 13 heavy (non-hydrogen) atoms. The third kappa shape index (κ3) is 0.786. The lowest BCUT2D eigenvalue weighted by Crippen LogP contribution is -1.91. The van der Waals surface area contributed by atoms with Gasteiger partial charge in [-0.15, -0.1) is 0 Å². The van der Waals surface area contributed by atoms with Crippen molar-refractivity contribution in [2.75, 3.05) is 0 Å². The number of aromatic nitrogens is 2. The molecule has 3 heteroatoms. The van der Waals surface area contributed by atoms with Crippen LogP contribution in [0.2, 0.25) is 0 Å². The van der Waals surface area contributed by atoms with Crippen LogP contribution in [-0.2, 0) is 6.54 Å². The lowest BCUT2D eigenvalue weighted by molar-refractivity contribution is 0.608. The molecular weight excluding hydrogens is 167 g/mol. The van der Waals surface area contributed by atoms with E-state index < -0.39 is 0 Å². The van der Waals surface area contributed by atoms with Gasteiger partial charge in [0.2, 0.25) is 0 Å². The predicted molar refractivity (Wildman–Crippen MR) is 46.7 cm³/mol. The van der Waals surface area contributed by atoms with Crippen LogP contribution in [-0.4, -0.2) is 9.55 Å². The minimum Gasteiger partial charge on any atom is -0.326 e. The molecule has 0 saturated carbocycles. The van der Waals surface area contributed by atoms with Crippen molar-refractivity contribution in [3.63, 3.8) is 0 Å². The Bertz CT molecular complexity index is 474. The second-order valence-corrected chi connectivity index (χ2v) is 3.14. The summed E-state index contributed by atoms with van der Waals surface area (Å²) < 4.78 is 15.2. The van der Waals surface area contributed by atoms with Gasteiger partial charge in [0.15, 0.2) is 0 Å². The molecular formula is C10H7FN2. The van der Waals surface area contributed by atoms with Gasteiger partial charge in [0.25, 0.3) is 0 Å². The van der Waals surface area contributed by atoms with Crippen molar-refractivity contribution in [3.05, 3.63) is 42.0 Å². The highest BCUT2D eigenvalue weighted by atomic mass is 19.1. The number of imidazole rings is 1. The van der Waals surface area contributed by atoms with Crippen molar-refractivity contribution >= 4 is 0 Å². The zero-order valence-electron chi connectivity index (χ0n) is 6.87. The zero-order valence-corrected chi connectivity index (χ0v) is 6.87. The predicted octanol–water partition coefficient (Wildman–Crippen LogP) is 2.05. The van der Waals surface area contributed by atoms with Crippen molar-refractivity contribution in [1.29, 1.82) is 0 Å². The minimum atomic E-state index is -0.136. The molecule has 0 atom stereocenters. The molecule has 64 valence electrons. The molecule has 2 aromatic rings. The van der Waals surface area contributed by atoms with Crippen LogP contribution < -0.4 is 0 Å². The molecule has 0 radical (unpaired) electrons. The molecule has 1 aliphatic rings. The van der Waals surface area contributed by atoms with Crippen LogP contribution >= 0.6 is 0 Å². The lowest BCUT2D eigenvalue weighted by atomic mass is 10.1. The second-order valence-electron chi connectivity index (χ2n) is 3.14. The largest absolute Gasteiger partial charge is 0.326 e. The van der Waals surface area contributed by atoms with Gasteiger partial charge >= 0.3 is 0 Å². The molecule has 2 nitrogen and oxygen atoms in total. The molecule has 0 spiro atoms. The SMILES string of the molecule is Fc1cccc2c1Cn1ccnc1-2. The average molecular weight is 174 g/mol. The maximum Gasteiger partial charge on any atom is 0.140 e. The van der Waals surface area contributed by atoms with E-state index in [1.54, 1.807) is 12.3 Å². The van der Waals surface area contributed by atoms with E-state index >= 15 is 0 Å². The van der Waals surface area contributed by atoms with E-state index in [2.05, 4.69) is 4.98 Å². The van der Waals surface area contributed by atoms with E-state index in [-0.39, 0.29) is 5.82 Å². The fourth-order valence-corrected chi connectivity index (χ4v) is 1.78.